The lowest BCUT2D eigenvalue weighted by Gasteiger charge is -2.31. The van der Waals surface area contributed by atoms with E-state index in [1.807, 2.05) is 24.0 Å². The highest BCUT2D eigenvalue weighted by atomic mass is 32.1. The van der Waals surface area contributed by atoms with Gasteiger partial charge in [-0.15, -0.1) is 11.3 Å². The van der Waals surface area contributed by atoms with Crippen LogP contribution in [0.1, 0.15) is 43.1 Å². The minimum absolute atomic E-state index is 0.0863. The van der Waals surface area contributed by atoms with Gasteiger partial charge < -0.3 is 21.1 Å². The van der Waals surface area contributed by atoms with Gasteiger partial charge in [0.05, 0.1) is 17.0 Å². The summed E-state index contributed by atoms with van der Waals surface area (Å²) < 4.78 is 0. The van der Waals surface area contributed by atoms with Gasteiger partial charge in [0.2, 0.25) is 5.91 Å². The average Bonchev–Trinajstić information content (AvgIpc) is 2.91. The minimum atomic E-state index is -1.20. The van der Waals surface area contributed by atoms with Crippen molar-refractivity contribution in [2.24, 2.45) is 5.73 Å². The summed E-state index contributed by atoms with van der Waals surface area (Å²) in [6, 6.07) is 6.16. The zero-order valence-electron chi connectivity index (χ0n) is 15.2. The average molecular weight is 387 g/mol. The number of nitrogens with two attached hydrogens (primary N) is 1. The van der Waals surface area contributed by atoms with Crippen LogP contribution >= 0.6 is 11.3 Å². The van der Waals surface area contributed by atoms with Gasteiger partial charge in [-0.2, -0.15) is 0 Å². The number of benzene rings is 1. The molecule has 3 rings (SSSR count). The molecule has 7 nitrogen and oxygen atoms in total. The van der Waals surface area contributed by atoms with Crippen LogP contribution in [0, 0.1) is 13.8 Å². The Morgan fingerprint density at radius 1 is 1.30 bits per heavy atom. The zero-order chi connectivity index (χ0) is 19.7. The van der Waals surface area contributed by atoms with E-state index in [4.69, 9.17) is 5.73 Å². The molecule has 0 spiro atoms. The number of carbonyl (C=O) groups excluding carboxylic acids is 2. The Balaban J connectivity index is 1.81. The van der Waals surface area contributed by atoms with E-state index in [1.54, 1.807) is 0 Å². The maximum atomic E-state index is 12.6. The van der Waals surface area contributed by atoms with Gasteiger partial charge >= 0.3 is 5.97 Å². The molecular formula is C19H21N3O4S. The quantitative estimate of drug-likeness (QED) is 0.730. The van der Waals surface area contributed by atoms with Crippen molar-refractivity contribution in [1.29, 1.82) is 0 Å². The molecule has 8 heteroatoms. The SMILES string of the molecule is Cc1ccc2c(c1)CCCN2CC(=O)Nc1sc(C(N)=O)c(C)c1C(=O)O. The number of anilines is 2. The number of nitrogens with zero attached hydrogens (tertiary/aromatic N) is 1. The van der Waals surface area contributed by atoms with Gasteiger partial charge in [0.15, 0.2) is 0 Å². The molecule has 0 atom stereocenters. The van der Waals surface area contributed by atoms with Crippen LogP contribution in [0.3, 0.4) is 0 Å². The van der Waals surface area contributed by atoms with Crippen LogP contribution in [0.15, 0.2) is 18.2 Å². The van der Waals surface area contributed by atoms with Crippen LogP contribution in [0.4, 0.5) is 10.7 Å². The summed E-state index contributed by atoms with van der Waals surface area (Å²) in [6.45, 7) is 4.41. The second kappa shape index (κ2) is 7.40. The van der Waals surface area contributed by atoms with E-state index in [0.717, 1.165) is 36.4 Å². The summed E-state index contributed by atoms with van der Waals surface area (Å²) in [7, 11) is 0. The maximum absolute atomic E-state index is 12.6. The molecule has 0 saturated heterocycles. The second-order valence-electron chi connectivity index (χ2n) is 6.64. The van der Waals surface area contributed by atoms with Gasteiger partial charge in [-0.25, -0.2) is 4.79 Å². The summed E-state index contributed by atoms with van der Waals surface area (Å²) >= 11 is 0.895. The molecule has 2 heterocycles. The molecule has 2 aromatic rings. The monoisotopic (exact) mass is 387 g/mol. The Morgan fingerprint density at radius 2 is 2.04 bits per heavy atom. The molecule has 0 saturated carbocycles. The third-order valence-electron chi connectivity index (χ3n) is 4.62. The first kappa shape index (κ1) is 18.9. The van der Waals surface area contributed by atoms with E-state index in [9.17, 15) is 19.5 Å². The summed E-state index contributed by atoms with van der Waals surface area (Å²) in [5, 5.41) is 12.2. The number of carboxylic acids is 1. The number of hydrogen-bond donors (Lipinski definition) is 3. The smallest absolute Gasteiger partial charge is 0.339 e. The van der Waals surface area contributed by atoms with Crippen molar-refractivity contribution in [1.82, 2.24) is 0 Å². The Labute approximate surface area is 160 Å². The first-order valence-electron chi connectivity index (χ1n) is 8.58. The number of nitrogens with one attached hydrogen (secondary N) is 1. The van der Waals surface area contributed by atoms with Crippen LogP contribution in [-0.4, -0.2) is 36.0 Å². The molecule has 142 valence electrons. The summed E-state index contributed by atoms with van der Waals surface area (Å²) in [5.41, 5.74) is 8.91. The Kier molecular flexibility index (Phi) is 5.18. The standard InChI is InChI=1S/C19H21N3O4S/c1-10-5-6-13-12(8-10)4-3-7-22(13)9-14(23)21-18-15(19(25)26)11(2)16(27-18)17(20)24/h5-6,8H,3-4,7,9H2,1-2H3,(H2,20,24)(H,21,23)(H,25,26). The fourth-order valence-electron chi connectivity index (χ4n) is 3.40. The van der Waals surface area contributed by atoms with Crippen LogP contribution in [-0.2, 0) is 11.2 Å². The number of rotatable bonds is 5. The predicted octanol–water partition coefficient (Wildman–Crippen LogP) is 2.55. The highest BCUT2D eigenvalue weighted by molar-refractivity contribution is 7.18. The fourth-order valence-corrected chi connectivity index (χ4v) is 4.47. The van der Waals surface area contributed by atoms with Crippen molar-refractivity contribution >= 4 is 39.8 Å². The molecule has 0 aliphatic carbocycles. The largest absolute Gasteiger partial charge is 0.478 e. The van der Waals surface area contributed by atoms with Gasteiger partial charge in [-0.05, 0) is 43.9 Å². The van der Waals surface area contributed by atoms with Crippen molar-refractivity contribution in [3.8, 4) is 0 Å². The Morgan fingerprint density at radius 3 is 2.70 bits per heavy atom. The number of thiophene rings is 1. The van der Waals surface area contributed by atoms with E-state index >= 15 is 0 Å². The number of hydrogen-bond acceptors (Lipinski definition) is 5. The molecule has 0 fully saturated rings. The lowest BCUT2D eigenvalue weighted by Crippen LogP contribution is -2.36. The van der Waals surface area contributed by atoms with Gasteiger partial charge in [-0.1, -0.05) is 17.7 Å². The van der Waals surface area contributed by atoms with Crippen molar-refractivity contribution in [3.63, 3.8) is 0 Å². The molecule has 1 aliphatic heterocycles. The summed E-state index contributed by atoms with van der Waals surface area (Å²) in [4.78, 5) is 37.7. The second-order valence-corrected chi connectivity index (χ2v) is 7.66. The summed E-state index contributed by atoms with van der Waals surface area (Å²) in [6.07, 6.45) is 1.93. The fraction of sp³-hybridized carbons (Fsp3) is 0.316. The van der Waals surface area contributed by atoms with Crippen molar-refractivity contribution in [2.45, 2.75) is 26.7 Å². The van der Waals surface area contributed by atoms with Gasteiger partial charge in [0.25, 0.3) is 5.91 Å². The minimum Gasteiger partial charge on any atom is -0.478 e. The molecule has 0 unspecified atom stereocenters. The Hall–Kier alpha value is -2.87. The molecule has 27 heavy (non-hydrogen) atoms. The van der Waals surface area contributed by atoms with Crippen molar-refractivity contribution in [3.05, 3.63) is 45.3 Å². The number of amides is 2. The molecule has 2 amide bonds. The van der Waals surface area contributed by atoms with E-state index in [-0.39, 0.29) is 33.5 Å². The zero-order valence-corrected chi connectivity index (χ0v) is 16.0. The summed E-state index contributed by atoms with van der Waals surface area (Å²) in [5.74, 6) is -2.24. The number of aryl methyl sites for hydroxylation is 2. The Bertz CT molecular complexity index is 935. The van der Waals surface area contributed by atoms with Crippen LogP contribution in [0.2, 0.25) is 0 Å². The van der Waals surface area contributed by atoms with Gasteiger partial charge in [-0.3, -0.25) is 9.59 Å². The van der Waals surface area contributed by atoms with Gasteiger partial charge in [0.1, 0.15) is 5.00 Å². The van der Waals surface area contributed by atoms with E-state index < -0.39 is 11.9 Å². The number of carbonyl (C=O) groups is 3. The van der Waals surface area contributed by atoms with Crippen molar-refractivity contribution < 1.29 is 19.5 Å². The lowest BCUT2D eigenvalue weighted by atomic mass is 9.99. The molecule has 1 aliphatic rings. The first-order chi connectivity index (χ1) is 12.8. The third-order valence-corrected chi connectivity index (χ3v) is 5.84. The predicted molar refractivity (Wildman–Crippen MR) is 105 cm³/mol. The van der Waals surface area contributed by atoms with Gasteiger partial charge in [0, 0.05) is 12.2 Å². The normalized spacial score (nSPS) is 13.2. The van der Waals surface area contributed by atoms with Crippen LogP contribution in [0.5, 0.6) is 0 Å². The highest BCUT2D eigenvalue weighted by Gasteiger charge is 2.25. The molecule has 0 radical (unpaired) electrons. The first-order valence-corrected chi connectivity index (χ1v) is 9.40. The number of carboxylic acid groups (broad SMARTS) is 1. The van der Waals surface area contributed by atoms with E-state index in [0.29, 0.717) is 0 Å². The molecular weight excluding hydrogens is 366 g/mol. The number of fused-ring (bicyclic) bond motifs is 1. The maximum Gasteiger partial charge on any atom is 0.339 e. The van der Waals surface area contributed by atoms with Crippen LogP contribution in [0.25, 0.3) is 0 Å². The number of aromatic carboxylic acids is 1. The number of primary amides is 1. The highest BCUT2D eigenvalue weighted by Crippen LogP contribution is 2.33. The lowest BCUT2D eigenvalue weighted by molar-refractivity contribution is -0.115. The topological polar surface area (TPSA) is 113 Å². The van der Waals surface area contributed by atoms with E-state index in [1.165, 1.54) is 18.1 Å². The van der Waals surface area contributed by atoms with Crippen LogP contribution < -0.4 is 16.0 Å². The van der Waals surface area contributed by atoms with E-state index in [2.05, 4.69) is 11.4 Å². The molecule has 0 bridgehead atoms. The molecule has 1 aromatic heterocycles. The molecule has 1 aromatic carbocycles. The molecule has 4 N–H and O–H groups in total. The third kappa shape index (κ3) is 3.80. The van der Waals surface area contributed by atoms with Crippen molar-refractivity contribution in [2.75, 3.05) is 23.3 Å².